The van der Waals surface area contributed by atoms with E-state index in [0.29, 0.717) is 5.57 Å². The highest BCUT2D eigenvalue weighted by atomic mass is 19.4. The van der Waals surface area contributed by atoms with Gasteiger partial charge in [0, 0.05) is 0 Å². The Hall–Kier alpha value is -0.770. The molecule has 86 valence electrons. The van der Waals surface area contributed by atoms with Crippen molar-refractivity contribution in [2.24, 2.45) is 11.8 Å². The molecule has 0 fully saturated rings. The smallest absolute Gasteiger partial charge is 0.388 e. The molecule has 0 heterocycles. The number of aliphatic hydroxyl groups is 1. The molecule has 15 heavy (non-hydrogen) atoms. The quantitative estimate of drug-likeness (QED) is 0.758. The van der Waals surface area contributed by atoms with Crippen LogP contribution in [0.3, 0.4) is 0 Å². The van der Waals surface area contributed by atoms with Gasteiger partial charge in [0.15, 0.2) is 0 Å². The zero-order valence-electron chi connectivity index (χ0n) is 8.75. The highest BCUT2D eigenvalue weighted by Crippen LogP contribution is 2.35. The lowest BCUT2D eigenvalue weighted by Gasteiger charge is -2.25. The van der Waals surface area contributed by atoms with Crippen molar-refractivity contribution in [3.8, 4) is 0 Å². The van der Waals surface area contributed by atoms with Gasteiger partial charge in [0.2, 0.25) is 0 Å². The van der Waals surface area contributed by atoms with Crippen LogP contribution in [-0.2, 0) is 0 Å². The minimum atomic E-state index is -4.22. The van der Waals surface area contributed by atoms with Crippen LogP contribution in [0.1, 0.15) is 20.3 Å². The fourth-order valence-electron chi connectivity index (χ4n) is 1.58. The lowest BCUT2D eigenvalue weighted by Crippen LogP contribution is -2.27. The molecule has 1 aliphatic rings. The zero-order chi connectivity index (χ0) is 11.6. The molecule has 2 atom stereocenters. The standard InChI is InChI=1S/C11H15F3O/c1-7(2)10(15)8-4-3-5-9(6-8)11(12,13)14/h3-5,7,9-10,15H,6H2,1-2H3/t9-,10?/m1/s1. The molecule has 0 aromatic rings. The Morgan fingerprint density at radius 1 is 1.40 bits per heavy atom. The van der Waals surface area contributed by atoms with Gasteiger partial charge in [-0.05, 0) is 17.9 Å². The number of halogens is 3. The number of allylic oxidation sites excluding steroid dienone is 3. The van der Waals surface area contributed by atoms with Gasteiger partial charge in [-0.25, -0.2) is 0 Å². The van der Waals surface area contributed by atoms with Crippen LogP contribution in [-0.4, -0.2) is 17.4 Å². The average Bonchev–Trinajstić information content (AvgIpc) is 2.15. The summed E-state index contributed by atoms with van der Waals surface area (Å²) in [5, 5.41) is 9.67. The van der Waals surface area contributed by atoms with Crippen LogP contribution in [0.25, 0.3) is 0 Å². The van der Waals surface area contributed by atoms with E-state index < -0.39 is 18.2 Å². The number of alkyl halides is 3. The van der Waals surface area contributed by atoms with Crippen LogP contribution in [0.5, 0.6) is 0 Å². The summed E-state index contributed by atoms with van der Waals surface area (Å²) in [7, 11) is 0. The van der Waals surface area contributed by atoms with E-state index in [9.17, 15) is 18.3 Å². The van der Waals surface area contributed by atoms with Crippen LogP contribution in [0.15, 0.2) is 23.8 Å². The maximum atomic E-state index is 12.4. The summed E-state index contributed by atoms with van der Waals surface area (Å²) in [5.74, 6) is -1.51. The van der Waals surface area contributed by atoms with Crippen molar-refractivity contribution in [2.75, 3.05) is 0 Å². The monoisotopic (exact) mass is 220 g/mol. The summed E-state index contributed by atoms with van der Waals surface area (Å²) < 4.78 is 37.3. The summed E-state index contributed by atoms with van der Waals surface area (Å²) in [5.41, 5.74) is 0.467. The van der Waals surface area contributed by atoms with E-state index in [1.807, 2.05) is 0 Å². The molecule has 0 saturated carbocycles. The van der Waals surface area contributed by atoms with Crippen molar-refractivity contribution in [1.29, 1.82) is 0 Å². The van der Waals surface area contributed by atoms with Crippen LogP contribution in [0.2, 0.25) is 0 Å². The summed E-state index contributed by atoms with van der Waals surface area (Å²) in [6.07, 6.45) is -1.03. The van der Waals surface area contributed by atoms with E-state index in [0.717, 1.165) is 6.08 Å². The Morgan fingerprint density at radius 3 is 2.47 bits per heavy atom. The Balaban J connectivity index is 2.73. The highest BCUT2D eigenvalue weighted by molar-refractivity contribution is 5.24. The maximum absolute atomic E-state index is 12.4. The fraction of sp³-hybridized carbons (Fsp3) is 0.636. The van der Waals surface area contributed by atoms with Crippen LogP contribution in [0, 0.1) is 11.8 Å². The third-order valence-electron chi connectivity index (χ3n) is 2.54. The molecule has 0 bridgehead atoms. The number of aliphatic hydroxyl groups excluding tert-OH is 1. The van der Waals surface area contributed by atoms with Gasteiger partial charge in [-0.15, -0.1) is 0 Å². The molecule has 0 amide bonds. The van der Waals surface area contributed by atoms with E-state index >= 15 is 0 Å². The molecule has 0 aromatic heterocycles. The molecule has 4 heteroatoms. The van der Waals surface area contributed by atoms with E-state index in [-0.39, 0.29) is 12.3 Å². The molecule has 1 nitrogen and oxygen atoms in total. The second kappa shape index (κ2) is 4.39. The maximum Gasteiger partial charge on any atom is 0.395 e. The highest BCUT2D eigenvalue weighted by Gasteiger charge is 2.39. The molecule has 1 rings (SSSR count). The van der Waals surface area contributed by atoms with Crippen LogP contribution >= 0.6 is 0 Å². The van der Waals surface area contributed by atoms with Gasteiger partial charge in [0.05, 0.1) is 12.0 Å². The number of hydrogen-bond acceptors (Lipinski definition) is 1. The molecule has 1 aliphatic carbocycles. The van der Waals surface area contributed by atoms with Gasteiger partial charge in [-0.2, -0.15) is 13.2 Å². The summed E-state index contributed by atoms with van der Waals surface area (Å²) >= 11 is 0. The van der Waals surface area contributed by atoms with Crippen molar-refractivity contribution >= 4 is 0 Å². The summed E-state index contributed by atoms with van der Waals surface area (Å²) in [6, 6.07) is 0. The van der Waals surface area contributed by atoms with Gasteiger partial charge in [-0.3, -0.25) is 0 Å². The molecule has 0 radical (unpaired) electrons. The Bertz CT molecular complexity index is 276. The van der Waals surface area contributed by atoms with E-state index in [1.54, 1.807) is 19.9 Å². The molecule has 0 spiro atoms. The van der Waals surface area contributed by atoms with Crippen molar-refractivity contribution < 1.29 is 18.3 Å². The van der Waals surface area contributed by atoms with Crippen molar-refractivity contribution in [2.45, 2.75) is 32.5 Å². The van der Waals surface area contributed by atoms with E-state index in [1.165, 1.54) is 6.08 Å². The minimum Gasteiger partial charge on any atom is -0.388 e. The third kappa shape index (κ3) is 3.09. The predicted octanol–water partition coefficient (Wildman–Crippen LogP) is 3.07. The molecular formula is C11H15F3O. The second-order valence-electron chi connectivity index (χ2n) is 4.17. The van der Waals surface area contributed by atoms with E-state index in [4.69, 9.17) is 0 Å². The molecular weight excluding hydrogens is 205 g/mol. The van der Waals surface area contributed by atoms with Crippen LogP contribution in [0.4, 0.5) is 13.2 Å². The normalized spacial score (nSPS) is 24.2. The lowest BCUT2D eigenvalue weighted by molar-refractivity contribution is -0.161. The van der Waals surface area contributed by atoms with Crippen molar-refractivity contribution in [3.63, 3.8) is 0 Å². The van der Waals surface area contributed by atoms with Gasteiger partial charge in [0.1, 0.15) is 0 Å². The Labute approximate surface area is 87.3 Å². The Morgan fingerprint density at radius 2 is 2.00 bits per heavy atom. The molecule has 0 aliphatic heterocycles. The van der Waals surface area contributed by atoms with Gasteiger partial charge < -0.3 is 5.11 Å². The molecule has 1 N–H and O–H groups in total. The first-order chi connectivity index (χ1) is 6.82. The van der Waals surface area contributed by atoms with Crippen LogP contribution < -0.4 is 0 Å². The van der Waals surface area contributed by atoms with Crippen molar-refractivity contribution in [3.05, 3.63) is 23.8 Å². The summed E-state index contributed by atoms with van der Waals surface area (Å²) in [6.45, 7) is 3.57. The van der Waals surface area contributed by atoms with Gasteiger partial charge in [-0.1, -0.05) is 32.1 Å². The molecule has 0 saturated heterocycles. The average molecular weight is 220 g/mol. The summed E-state index contributed by atoms with van der Waals surface area (Å²) in [4.78, 5) is 0. The SMILES string of the molecule is CC(C)C(O)C1=CC=C[C@@H](C(F)(F)F)C1. The first kappa shape index (κ1) is 12.3. The molecule has 1 unspecified atom stereocenters. The second-order valence-corrected chi connectivity index (χ2v) is 4.17. The van der Waals surface area contributed by atoms with Gasteiger partial charge in [0.25, 0.3) is 0 Å². The van der Waals surface area contributed by atoms with E-state index in [2.05, 4.69) is 0 Å². The number of rotatable bonds is 2. The third-order valence-corrected chi connectivity index (χ3v) is 2.54. The topological polar surface area (TPSA) is 20.2 Å². The molecule has 0 aromatic carbocycles. The van der Waals surface area contributed by atoms with Gasteiger partial charge >= 0.3 is 6.18 Å². The largest absolute Gasteiger partial charge is 0.395 e. The first-order valence-corrected chi connectivity index (χ1v) is 4.94. The van der Waals surface area contributed by atoms with Crippen molar-refractivity contribution in [1.82, 2.24) is 0 Å². The number of hydrogen-bond donors (Lipinski definition) is 1. The minimum absolute atomic E-state index is 0.0587. The first-order valence-electron chi connectivity index (χ1n) is 4.94. The predicted molar refractivity (Wildman–Crippen MR) is 52.2 cm³/mol. The lowest BCUT2D eigenvalue weighted by atomic mass is 9.87. The fourth-order valence-corrected chi connectivity index (χ4v) is 1.58. The zero-order valence-corrected chi connectivity index (χ0v) is 8.75. The Kier molecular flexibility index (Phi) is 3.60.